The number of carbonyl (C=O) groups excluding carboxylic acids is 1. The zero-order valence-corrected chi connectivity index (χ0v) is 20.0. The van der Waals surface area contributed by atoms with Gasteiger partial charge in [0.25, 0.3) is 0 Å². The molecule has 2 aliphatic heterocycles. The Balaban J connectivity index is 1.34. The number of nitrogens with zero attached hydrogens (tertiary/aromatic N) is 7. The molecule has 0 bridgehead atoms. The van der Waals surface area contributed by atoms with E-state index in [0.717, 1.165) is 6.42 Å². The molecular weight excluding hydrogens is 504 g/mol. The van der Waals surface area contributed by atoms with Gasteiger partial charge in [-0.25, -0.2) is 14.4 Å². The lowest BCUT2D eigenvalue weighted by Gasteiger charge is -2.27. The first kappa shape index (κ1) is 23.2. The van der Waals surface area contributed by atoms with Gasteiger partial charge >= 0.3 is 0 Å². The van der Waals surface area contributed by atoms with E-state index in [4.69, 9.17) is 17.3 Å². The van der Waals surface area contributed by atoms with Gasteiger partial charge in [0.2, 0.25) is 11.9 Å². The highest BCUT2D eigenvalue weighted by atomic mass is 35.5. The summed E-state index contributed by atoms with van der Waals surface area (Å²) in [4.78, 5) is 26.6. The number of allylic oxidation sites excluding steroid dienone is 1. The van der Waals surface area contributed by atoms with Gasteiger partial charge in [-0.15, -0.1) is 5.10 Å². The third kappa shape index (κ3) is 4.02. The minimum Gasteiger partial charge on any atom is -0.384 e. The summed E-state index contributed by atoms with van der Waals surface area (Å²) in [7, 11) is 0. The normalized spacial score (nSPS) is 19.6. The van der Waals surface area contributed by atoms with Crippen molar-refractivity contribution in [1.29, 1.82) is 0 Å². The van der Waals surface area contributed by atoms with Gasteiger partial charge in [0, 0.05) is 17.7 Å². The second-order valence-electron chi connectivity index (χ2n) is 8.97. The topological polar surface area (TPSA) is 132 Å². The number of nitrogens with two attached hydrogens (primary N) is 1. The fourth-order valence-electron chi connectivity index (χ4n) is 5.18. The minimum absolute atomic E-state index is 0.0599. The van der Waals surface area contributed by atoms with Crippen LogP contribution in [-0.4, -0.2) is 52.0 Å². The number of H-pyrrole nitrogens is 1. The van der Waals surface area contributed by atoms with Crippen molar-refractivity contribution in [2.45, 2.75) is 37.8 Å². The van der Waals surface area contributed by atoms with E-state index in [2.05, 4.69) is 30.5 Å². The Hall–Kier alpha value is -4.19. The Morgan fingerprint density at radius 1 is 1.14 bits per heavy atom. The molecule has 4 aromatic rings. The lowest BCUT2D eigenvalue weighted by Crippen LogP contribution is -2.35. The molecule has 0 aliphatic carbocycles. The Labute approximate surface area is 214 Å². The molecule has 3 aromatic heterocycles. The third-order valence-electron chi connectivity index (χ3n) is 6.86. The van der Waals surface area contributed by atoms with Crippen molar-refractivity contribution in [3.8, 4) is 16.9 Å². The number of amides is 1. The molecule has 13 heteroatoms. The summed E-state index contributed by atoms with van der Waals surface area (Å²) >= 11 is 6.11. The molecule has 2 atom stereocenters. The molecule has 0 radical (unpaired) electrons. The zero-order chi connectivity index (χ0) is 25.7. The molecule has 0 unspecified atom stereocenters. The summed E-state index contributed by atoms with van der Waals surface area (Å²) in [6, 6.07) is 5.68. The number of anilines is 1. The summed E-state index contributed by atoms with van der Waals surface area (Å²) in [5, 5.41) is 11.1. The van der Waals surface area contributed by atoms with Crippen molar-refractivity contribution < 1.29 is 13.6 Å². The number of hydrogen-bond donors (Lipinski definition) is 2. The molecule has 188 valence electrons. The van der Waals surface area contributed by atoms with Gasteiger partial charge < -0.3 is 15.6 Å². The predicted octanol–water partition coefficient (Wildman–Crippen LogP) is 3.87. The molecule has 37 heavy (non-hydrogen) atoms. The van der Waals surface area contributed by atoms with Crippen LogP contribution in [-0.2, 0) is 4.79 Å². The number of aromatic amines is 1. The van der Waals surface area contributed by atoms with E-state index in [-0.39, 0.29) is 40.0 Å². The van der Waals surface area contributed by atoms with E-state index in [1.54, 1.807) is 11.0 Å². The fourth-order valence-corrected chi connectivity index (χ4v) is 5.34. The lowest BCUT2D eigenvalue weighted by atomic mass is 9.96. The quantitative estimate of drug-likeness (QED) is 0.388. The maximum atomic E-state index is 15.3. The van der Waals surface area contributed by atoms with Gasteiger partial charge in [-0.1, -0.05) is 11.6 Å². The average molecular weight is 524 g/mol. The largest absolute Gasteiger partial charge is 0.384 e. The molecule has 2 aliphatic rings. The van der Waals surface area contributed by atoms with E-state index in [0.29, 0.717) is 42.0 Å². The van der Waals surface area contributed by atoms with Gasteiger partial charge in [-0.05, 0) is 65.9 Å². The summed E-state index contributed by atoms with van der Waals surface area (Å²) in [6.07, 6.45) is 6.85. The zero-order valence-electron chi connectivity index (χ0n) is 19.3. The molecule has 0 spiro atoms. The van der Waals surface area contributed by atoms with Crippen LogP contribution in [0.15, 0.2) is 42.9 Å². The second-order valence-corrected chi connectivity index (χ2v) is 9.37. The Morgan fingerprint density at radius 3 is 2.78 bits per heavy atom. The van der Waals surface area contributed by atoms with E-state index in [1.807, 2.05) is 0 Å². The molecule has 1 saturated heterocycles. The number of hydrogen-bond acceptors (Lipinski definition) is 7. The first-order valence-electron chi connectivity index (χ1n) is 11.6. The second kappa shape index (κ2) is 9.04. The van der Waals surface area contributed by atoms with Crippen LogP contribution in [0.2, 0.25) is 5.02 Å². The molecule has 0 saturated carbocycles. The Morgan fingerprint density at radius 2 is 2.00 bits per heavy atom. The number of imidazole rings is 1. The number of nitrogen functional groups attached to an aromatic ring is 1. The van der Waals surface area contributed by atoms with Crippen molar-refractivity contribution in [1.82, 2.24) is 40.1 Å². The number of aromatic nitrogens is 7. The van der Waals surface area contributed by atoms with Gasteiger partial charge in [-0.3, -0.25) is 4.79 Å². The van der Waals surface area contributed by atoms with Crippen LogP contribution in [0.3, 0.4) is 0 Å². The Bertz CT molecular complexity index is 1540. The van der Waals surface area contributed by atoms with Crippen LogP contribution in [0.1, 0.15) is 43.1 Å². The number of carbonyl (C=O) groups is 1. The number of nitrogens with one attached hydrogen (secondary N) is 1. The molecule has 5 heterocycles. The summed E-state index contributed by atoms with van der Waals surface area (Å²) in [5.41, 5.74) is 7.32. The molecule has 6 rings (SSSR count). The van der Waals surface area contributed by atoms with Gasteiger partial charge in [-0.2, -0.15) is 9.07 Å². The van der Waals surface area contributed by atoms with Crippen LogP contribution in [0.25, 0.3) is 22.5 Å². The van der Waals surface area contributed by atoms with Crippen molar-refractivity contribution in [2.75, 3.05) is 5.73 Å². The number of pyridine rings is 1. The van der Waals surface area contributed by atoms with Crippen LogP contribution >= 0.6 is 11.6 Å². The first-order valence-corrected chi connectivity index (χ1v) is 12.0. The first-order chi connectivity index (χ1) is 17.9. The van der Waals surface area contributed by atoms with Crippen LogP contribution in [0, 0.1) is 11.8 Å². The van der Waals surface area contributed by atoms with Crippen LogP contribution in [0.5, 0.6) is 0 Å². The highest BCUT2D eigenvalue weighted by molar-refractivity contribution is 6.31. The smallest absolute Gasteiger partial charge is 0.247 e. The highest BCUT2D eigenvalue weighted by Crippen LogP contribution is 2.42. The molecule has 10 nitrogen and oxygen atoms in total. The highest BCUT2D eigenvalue weighted by Gasteiger charge is 2.40. The van der Waals surface area contributed by atoms with Gasteiger partial charge in [0.1, 0.15) is 18.0 Å². The summed E-state index contributed by atoms with van der Waals surface area (Å²) < 4.78 is 31.0. The van der Waals surface area contributed by atoms with Gasteiger partial charge in [0.15, 0.2) is 5.82 Å². The Kier molecular flexibility index (Phi) is 5.67. The summed E-state index contributed by atoms with van der Waals surface area (Å²) in [5.74, 6) is -0.985. The standard InChI is InChI=1S/C24H20ClF2N9O/c25-15-5-7-17(35-11-30-33-34-35)21(22(15)26)12-1-2-13-3-6-18(36(13)20(37)9-12)24-29-10-16(31-24)14-4-8-19(28)32-23(14)27/h4-5,7-11,13,18H,1-3,6H2,(H2,28,32)(H,29,31)/t13-,18-/m0/s1. The number of benzene rings is 1. The average Bonchev–Trinajstić information content (AvgIpc) is 3.63. The van der Waals surface area contributed by atoms with E-state index in [1.165, 1.54) is 41.5 Å². The number of halogens is 3. The molecule has 1 aromatic carbocycles. The molecular formula is C24H20ClF2N9O. The van der Waals surface area contributed by atoms with E-state index < -0.39 is 11.8 Å². The van der Waals surface area contributed by atoms with E-state index in [9.17, 15) is 9.18 Å². The van der Waals surface area contributed by atoms with Crippen molar-refractivity contribution in [3.63, 3.8) is 0 Å². The molecule has 1 fully saturated rings. The maximum Gasteiger partial charge on any atom is 0.247 e. The predicted molar refractivity (Wildman–Crippen MR) is 130 cm³/mol. The van der Waals surface area contributed by atoms with Crippen molar-refractivity contribution >= 4 is 28.9 Å². The molecule has 1 amide bonds. The number of tetrazole rings is 1. The lowest BCUT2D eigenvalue weighted by molar-refractivity contribution is -0.128. The SMILES string of the molecule is Nc1ccc(-c2cnc([C@@H]3CC[C@@H]4CCC(c5c(-n6cnnn6)ccc(Cl)c5F)=CC(=O)N43)[nH]2)c(F)n1. The third-order valence-corrected chi connectivity index (χ3v) is 7.15. The molecule has 3 N–H and O–H groups in total. The number of rotatable bonds is 4. The monoisotopic (exact) mass is 523 g/mol. The minimum atomic E-state index is -0.708. The van der Waals surface area contributed by atoms with Crippen LogP contribution < -0.4 is 5.73 Å². The van der Waals surface area contributed by atoms with Crippen molar-refractivity contribution in [3.05, 3.63) is 71.0 Å². The maximum absolute atomic E-state index is 15.3. The van der Waals surface area contributed by atoms with Crippen molar-refractivity contribution in [2.24, 2.45) is 0 Å². The fraction of sp³-hybridized carbons (Fsp3) is 0.250. The van der Waals surface area contributed by atoms with E-state index >= 15 is 4.39 Å². The van der Waals surface area contributed by atoms with Gasteiger partial charge in [0.05, 0.1) is 34.2 Å². The van der Waals surface area contributed by atoms with Crippen LogP contribution in [0.4, 0.5) is 14.6 Å². The number of fused-ring (bicyclic) bond motifs is 1. The summed E-state index contributed by atoms with van der Waals surface area (Å²) in [6.45, 7) is 0.